The van der Waals surface area contributed by atoms with E-state index in [1.807, 2.05) is 0 Å². The Morgan fingerprint density at radius 2 is 1.75 bits per heavy atom. The van der Waals surface area contributed by atoms with Gasteiger partial charge in [0.25, 0.3) is 0 Å². The van der Waals surface area contributed by atoms with E-state index in [2.05, 4.69) is 27.7 Å². The van der Waals surface area contributed by atoms with Gasteiger partial charge in [0.2, 0.25) is 0 Å². The van der Waals surface area contributed by atoms with Gasteiger partial charge in [0.1, 0.15) is 0 Å². The highest BCUT2D eigenvalue weighted by molar-refractivity contribution is 7.91. The normalized spacial score (nSPS) is 20.1. The molecule has 0 aromatic heterocycles. The van der Waals surface area contributed by atoms with Crippen molar-refractivity contribution in [2.75, 3.05) is 24.7 Å². The quantitative estimate of drug-likeness (QED) is 0.723. The molecule has 0 saturated carbocycles. The lowest BCUT2D eigenvalue weighted by Crippen LogP contribution is -2.51. The predicted octanol–water partition coefficient (Wildman–Crippen LogP) is 2.12. The highest BCUT2D eigenvalue weighted by atomic mass is 32.2. The molecule has 1 aliphatic rings. The molecular formula is C12H24O3S. The van der Waals surface area contributed by atoms with Crippen LogP contribution in [0.15, 0.2) is 0 Å². The summed E-state index contributed by atoms with van der Waals surface area (Å²) in [7, 11) is -2.92. The van der Waals surface area contributed by atoms with Crippen LogP contribution in [-0.4, -0.2) is 33.1 Å². The Hall–Kier alpha value is -0.0900. The molecule has 0 atom stereocenters. The maximum atomic E-state index is 12.0. The van der Waals surface area contributed by atoms with Crippen LogP contribution in [0, 0.1) is 17.3 Å². The van der Waals surface area contributed by atoms with Gasteiger partial charge in [0, 0.05) is 5.41 Å². The molecule has 0 amide bonds. The van der Waals surface area contributed by atoms with Crippen LogP contribution in [0.4, 0.5) is 0 Å². The van der Waals surface area contributed by atoms with Gasteiger partial charge in [0.05, 0.1) is 24.7 Å². The third-order valence-electron chi connectivity index (χ3n) is 3.52. The second-order valence-electron chi connectivity index (χ2n) is 5.78. The first-order chi connectivity index (χ1) is 7.27. The Morgan fingerprint density at radius 1 is 1.19 bits per heavy atom. The second kappa shape index (κ2) is 5.05. The van der Waals surface area contributed by atoms with Crippen molar-refractivity contribution < 1.29 is 13.2 Å². The molecule has 0 aromatic carbocycles. The lowest BCUT2D eigenvalue weighted by molar-refractivity contribution is -0.124. The van der Waals surface area contributed by atoms with Gasteiger partial charge in [-0.05, 0) is 18.3 Å². The molecule has 1 aliphatic heterocycles. The summed E-state index contributed by atoms with van der Waals surface area (Å²) >= 11 is 0. The molecule has 0 aromatic rings. The molecule has 0 radical (unpaired) electrons. The number of hydrogen-bond donors (Lipinski definition) is 0. The predicted molar refractivity (Wildman–Crippen MR) is 66.2 cm³/mol. The van der Waals surface area contributed by atoms with E-state index < -0.39 is 9.84 Å². The zero-order chi connectivity index (χ0) is 12.4. The van der Waals surface area contributed by atoms with Crippen LogP contribution in [-0.2, 0) is 14.6 Å². The van der Waals surface area contributed by atoms with Gasteiger partial charge in [-0.25, -0.2) is 8.42 Å². The lowest BCUT2D eigenvalue weighted by Gasteiger charge is -2.44. The van der Waals surface area contributed by atoms with Crippen molar-refractivity contribution in [3.8, 4) is 0 Å². The molecule has 16 heavy (non-hydrogen) atoms. The summed E-state index contributed by atoms with van der Waals surface area (Å²) in [6.07, 6.45) is 0.761. The Bertz CT molecular complexity index is 313. The van der Waals surface area contributed by atoms with Crippen molar-refractivity contribution in [1.82, 2.24) is 0 Å². The molecule has 0 N–H and O–H groups in total. The Kier molecular flexibility index (Phi) is 4.41. The first-order valence-corrected chi connectivity index (χ1v) is 7.88. The van der Waals surface area contributed by atoms with Crippen LogP contribution < -0.4 is 0 Å². The molecule has 1 heterocycles. The minimum Gasteiger partial charge on any atom is -0.380 e. The third kappa shape index (κ3) is 3.45. The van der Waals surface area contributed by atoms with E-state index in [4.69, 9.17) is 4.74 Å². The largest absolute Gasteiger partial charge is 0.380 e. The van der Waals surface area contributed by atoms with Crippen LogP contribution in [0.5, 0.6) is 0 Å². The summed E-state index contributed by atoms with van der Waals surface area (Å²) in [6.45, 7) is 9.48. The summed E-state index contributed by atoms with van der Waals surface area (Å²) in [4.78, 5) is 0. The Morgan fingerprint density at radius 3 is 2.06 bits per heavy atom. The zero-order valence-electron chi connectivity index (χ0n) is 10.8. The fourth-order valence-corrected chi connectivity index (χ4v) is 4.22. The fraction of sp³-hybridized carbons (Fsp3) is 1.00. The molecule has 1 saturated heterocycles. The SMILES string of the molecule is CC(C)CCS(=O)(=O)CC1(C(C)C)COC1. The highest BCUT2D eigenvalue weighted by Crippen LogP contribution is 2.37. The molecule has 1 rings (SSSR count). The number of hydrogen-bond acceptors (Lipinski definition) is 3. The number of ether oxygens (including phenoxy) is 1. The first kappa shape index (κ1) is 14.0. The smallest absolute Gasteiger partial charge is 0.151 e. The highest BCUT2D eigenvalue weighted by Gasteiger charge is 2.44. The van der Waals surface area contributed by atoms with Crippen molar-refractivity contribution >= 4 is 9.84 Å². The molecule has 96 valence electrons. The van der Waals surface area contributed by atoms with Crippen molar-refractivity contribution in [3.63, 3.8) is 0 Å². The monoisotopic (exact) mass is 248 g/mol. The summed E-state index contributed by atoms with van der Waals surface area (Å²) in [5.74, 6) is 1.43. The zero-order valence-corrected chi connectivity index (χ0v) is 11.6. The average molecular weight is 248 g/mol. The molecular weight excluding hydrogens is 224 g/mol. The summed E-state index contributed by atoms with van der Waals surface area (Å²) in [5, 5.41) is 0. The van der Waals surface area contributed by atoms with Crippen molar-refractivity contribution in [3.05, 3.63) is 0 Å². The average Bonchev–Trinajstić information content (AvgIpc) is 2.08. The summed E-state index contributed by atoms with van der Waals surface area (Å²) in [6, 6.07) is 0. The van der Waals surface area contributed by atoms with Gasteiger partial charge in [-0.3, -0.25) is 0 Å². The summed E-state index contributed by atoms with van der Waals surface area (Å²) < 4.78 is 29.2. The first-order valence-electron chi connectivity index (χ1n) is 6.06. The minimum atomic E-state index is -2.92. The molecule has 3 nitrogen and oxygen atoms in total. The second-order valence-corrected chi connectivity index (χ2v) is 7.97. The minimum absolute atomic E-state index is 0.115. The van der Waals surface area contributed by atoms with Gasteiger partial charge in [-0.15, -0.1) is 0 Å². The number of sulfone groups is 1. The molecule has 1 fully saturated rings. The van der Waals surface area contributed by atoms with Crippen molar-refractivity contribution in [1.29, 1.82) is 0 Å². The Labute approximate surface area is 99.5 Å². The van der Waals surface area contributed by atoms with E-state index in [0.29, 0.717) is 36.6 Å². The molecule has 0 aliphatic carbocycles. The van der Waals surface area contributed by atoms with Gasteiger partial charge < -0.3 is 4.74 Å². The van der Waals surface area contributed by atoms with Crippen LogP contribution in [0.2, 0.25) is 0 Å². The molecule has 0 spiro atoms. The van der Waals surface area contributed by atoms with Gasteiger partial charge in [-0.1, -0.05) is 27.7 Å². The van der Waals surface area contributed by atoms with E-state index in [1.165, 1.54) is 0 Å². The molecule has 0 bridgehead atoms. The maximum absolute atomic E-state index is 12.0. The topological polar surface area (TPSA) is 43.4 Å². The van der Waals surface area contributed by atoms with Gasteiger partial charge >= 0.3 is 0 Å². The molecule has 4 heteroatoms. The van der Waals surface area contributed by atoms with Crippen LogP contribution >= 0.6 is 0 Å². The van der Waals surface area contributed by atoms with Crippen molar-refractivity contribution in [2.45, 2.75) is 34.1 Å². The molecule has 0 unspecified atom stereocenters. The van der Waals surface area contributed by atoms with Gasteiger partial charge in [-0.2, -0.15) is 0 Å². The lowest BCUT2D eigenvalue weighted by atomic mass is 9.77. The van der Waals surface area contributed by atoms with Gasteiger partial charge in [0.15, 0.2) is 9.84 Å². The Balaban J connectivity index is 2.57. The number of rotatable bonds is 6. The van der Waals surface area contributed by atoms with Crippen molar-refractivity contribution in [2.24, 2.45) is 17.3 Å². The van der Waals surface area contributed by atoms with Crippen LogP contribution in [0.3, 0.4) is 0 Å². The van der Waals surface area contributed by atoms with Crippen LogP contribution in [0.25, 0.3) is 0 Å². The summed E-state index contributed by atoms with van der Waals surface area (Å²) in [5.41, 5.74) is -0.115. The van der Waals surface area contributed by atoms with E-state index in [9.17, 15) is 8.42 Å². The fourth-order valence-electron chi connectivity index (χ4n) is 1.87. The van der Waals surface area contributed by atoms with E-state index in [1.54, 1.807) is 0 Å². The van der Waals surface area contributed by atoms with Crippen LogP contribution in [0.1, 0.15) is 34.1 Å². The standard InChI is InChI=1S/C12H24O3S/c1-10(2)5-6-16(13,14)9-12(11(3)4)7-15-8-12/h10-11H,5-9H2,1-4H3. The maximum Gasteiger partial charge on any atom is 0.151 e. The van der Waals surface area contributed by atoms with E-state index >= 15 is 0 Å². The van der Waals surface area contributed by atoms with E-state index in [-0.39, 0.29) is 5.41 Å². The van der Waals surface area contributed by atoms with E-state index in [0.717, 1.165) is 6.42 Å². The third-order valence-corrected chi connectivity index (χ3v) is 5.39.